The van der Waals surface area contributed by atoms with E-state index in [4.69, 9.17) is 4.52 Å². The summed E-state index contributed by atoms with van der Waals surface area (Å²) in [6.45, 7) is 2.69. The van der Waals surface area contributed by atoms with E-state index in [1.54, 1.807) is 24.3 Å². The molecule has 0 saturated carbocycles. The van der Waals surface area contributed by atoms with Crippen molar-refractivity contribution in [2.24, 2.45) is 0 Å². The van der Waals surface area contributed by atoms with Crippen LogP contribution in [0.3, 0.4) is 0 Å². The van der Waals surface area contributed by atoms with Crippen LogP contribution in [0.1, 0.15) is 46.9 Å². The molecule has 1 aromatic rings. The van der Waals surface area contributed by atoms with E-state index in [0.29, 0.717) is 30.4 Å². The number of hydrogen-bond donors (Lipinski definition) is 0. The molecule has 0 bridgehead atoms. The Bertz CT molecular complexity index is 523. The summed E-state index contributed by atoms with van der Waals surface area (Å²) in [7, 11) is -1.56. The summed E-state index contributed by atoms with van der Waals surface area (Å²) in [6.07, 6.45) is 2.85. The van der Waals surface area contributed by atoms with Gasteiger partial charge in [-0.1, -0.05) is 12.1 Å². The smallest absolute Gasteiger partial charge is 0.274 e. The maximum atomic E-state index is 12.1. The van der Waals surface area contributed by atoms with Crippen LogP contribution in [0.25, 0.3) is 0 Å². The number of imide groups is 1. The Morgan fingerprint density at radius 2 is 1.67 bits per heavy atom. The Kier molecular flexibility index (Phi) is 5.59. The zero-order valence-electron chi connectivity index (χ0n) is 12.1. The number of rotatable bonds is 8. The van der Waals surface area contributed by atoms with Crippen LogP contribution in [0.15, 0.2) is 24.3 Å². The van der Waals surface area contributed by atoms with Gasteiger partial charge in [0.25, 0.3) is 11.8 Å². The van der Waals surface area contributed by atoms with Crippen LogP contribution in [0.4, 0.5) is 0 Å². The minimum absolute atomic E-state index is 0.212. The molecule has 112 valence electrons. The number of nitrogens with zero attached hydrogens (tertiary/aromatic N) is 1. The SMILES string of the molecule is CCO[P+](=O)CCCCCN1C(=O)c2ccccc2C1=O. The van der Waals surface area contributed by atoms with Crippen molar-refractivity contribution in [1.29, 1.82) is 0 Å². The second-order valence-electron chi connectivity index (χ2n) is 4.84. The lowest BCUT2D eigenvalue weighted by atomic mass is 10.1. The fourth-order valence-electron chi connectivity index (χ4n) is 2.34. The monoisotopic (exact) mass is 308 g/mol. The Labute approximate surface area is 125 Å². The normalized spacial score (nSPS) is 14.5. The largest absolute Gasteiger partial charge is 0.508 e. The van der Waals surface area contributed by atoms with E-state index in [9.17, 15) is 14.2 Å². The lowest BCUT2D eigenvalue weighted by molar-refractivity contribution is 0.0651. The highest BCUT2D eigenvalue weighted by molar-refractivity contribution is 7.39. The highest BCUT2D eigenvalue weighted by atomic mass is 31.1. The Morgan fingerprint density at radius 1 is 1.05 bits per heavy atom. The molecule has 1 aromatic carbocycles. The highest BCUT2D eigenvalue weighted by Gasteiger charge is 2.34. The summed E-state index contributed by atoms with van der Waals surface area (Å²) in [4.78, 5) is 25.5. The second kappa shape index (κ2) is 7.43. The van der Waals surface area contributed by atoms with Crippen LogP contribution in [0.2, 0.25) is 0 Å². The Balaban J connectivity index is 1.77. The summed E-state index contributed by atoms with van der Waals surface area (Å²) >= 11 is 0. The van der Waals surface area contributed by atoms with E-state index in [2.05, 4.69) is 0 Å². The molecule has 5 nitrogen and oxygen atoms in total. The first kappa shape index (κ1) is 15.8. The summed E-state index contributed by atoms with van der Waals surface area (Å²) in [5.41, 5.74) is 0.976. The van der Waals surface area contributed by atoms with Crippen LogP contribution >= 0.6 is 8.03 Å². The van der Waals surface area contributed by atoms with Gasteiger partial charge in [0.05, 0.1) is 17.7 Å². The number of benzene rings is 1. The molecule has 0 N–H and O–H groups in total. The van der Waals surface area contributed by atoms with Gasteiger partial charge < -0.3 is 0 Å². The molecule has 0 fully saturated rings. The van der Waals surface area contributed by atoms with Gasteiger partial charge in [0.1, 0.15) is 0 Å². The van der Waals surface area contributed by atoms with Gasteiger partial charge in [-0.05, 0) is 42.9 Å². The molecular weight excluding hydrogens is 289 g/mol. The van der Waals surface area contributed by atoms with Crippen molar-refractivity contribution in [3.05, 3.63) is 35.4 Å². The maximum absolute atomic E-state index is 12.1. The standard InChI is InChI=1S/C15H19NO4P/c1-2-20-21(19)11-7-3-6-10-16-14(17)12-8-4-5-9-13(12)15(16)18/h4-5,8-9H,2-3,6-7,10-11H2,1H3/q+1. The van der Waals surface area contributed by atoms with Gasteiger partial charge in [0, 0.05) is 6.54 Å². The molecule has 0 aromatic heterocycles. The average Bonchev–Trinajstić information content (AvgIpc) is 2.72. The molecule has 1 aliphatic rings. The van der Waals surface area contributed by atoms with Crippen LogP contribution in [-0.2, 0) is 9.09 Å². The number of amides is 2. The van der Waals surface area contributed by atoms with E-state index in [1.807, 2.05) is 6.92 Å². The third kappa shape index (κ3) is 3.74. The molecule has 0 aliphatic carbocycles. The topological polar surface area (TPSA) is 63.7 Å². The molecule has 1 unspecified atom stereocenters. The molecular formula is C15H19NO4P+. The molecule has 6 heteroatoms. The molecule has 0 saturated heterocycles. The number of carbonyl (C=O) groups excluding carboxylic acids is 2. The molecule has 2 amide bonds. The Morgan fingerprint density at radius 3 is 2.24 bits per heavy atom. The van der Waals surface area contributed by atoms with E-state index >= 15 is 0 Å². The lowest BCUT2D eigenvalue weighted by Gasteiger charge is -2.12. The second-order valence-corrected chi connectivity index (χ2v) is 6.21. The zero-order chi connectivity index (χ0) is 15.2. The predicted octanol–water partition coefficient (Wildman–Crippen LogP) is 3.23. The predicted molar refractivity (Wildman–Crippen MR) is 79.8 cm³/mol. The van der Waals surface area contributed by atoms with Gasteiger partial charge >= 0.3 is 8.03 Å². The summed E-state index contributed by atoms with van der Waals surface area (Å²) < 4.78 is 16.3. The van der Waals surface area contributed by atoms with Gasteiger partial charge in [0.2, 0.25) is 0 Å². The van der Waals surface area contributed by atoms with Crippen molar-refractivity contribution in [2.45, 2.75) is 26.2 Å². The van der Waals surface area contributed by atoms with Crippen LogP contribution in [0, 0.1) is 0 Å². The minimum atomic E-state index is -1.56. The van der Waals surface area contributed by atoms with Gasteiger partial charge in [-0.15, -0.1) is 4.52 Å². The van der Waals surface area contributed by atoms with E-state index < -0.39 is 8.03 Å². The third-order valence-corrected chi connectivity index (χ3v) is 4.60. The van der Waals surface area contributed by atoms with Gasteiger partial charge in [-0.25, -0.2) is 0 Å². The molecule has 0 spiro atoms. The molecule has 2 rings (SSSR count). The summed E-state index contributed by atoms with van der Waals surface area (Å²) in [5, 5.41) is 0. The first-order valence-corrected chi connectivity index (χ1v) is 8.54. The van der Waals surface area contributed by atoms with Crippen molar-refractivity contribution < 1.29 is 18.7 Å². The molecule has 21 heavy (non-hydrogen) atoms. The molecule has 1 atom stereocenters. The maximum Gasteiger partial charge on any atom is 0.508 e. The van der Waals surface area contributed by atoms with Crippen molar-refractivity contribution in [1.82, 2.24) is 4.90 Å². The van der Waals surface area contributed by atoms with Crippen molar-refractivity contribution >= 4 is 19.8 Å². The van der Waals surface area contributed by atoms with Crippen LogP contribution < -0.4 is 0 Å². The molecule has 0 radical (unpaired) electrons. The van der Waals surface area contributed by atoms with Crippen molar-refractivity contribution in [3.63, 3.8) is 0 Å². The van der Waals surface area contributed by atoms with Crippen LogP contribution in [-0.4, -0.2) is 36.0 Å². The summed E-state index contributed by atoms with van der Waals surface area (Å²) in [6, 6.07) is 6.89. The summed E-state index contributed by atoms with van der Waals surface area (Å²) in [5.74, 6) is -0.424. The van der Waals surface area contributed by atoms with Crippen molar-refractivity contribution in [2.75, 3.05) is 19.3 Å². The first-order chi connectivity index (χ1) is 10.1. The number of unbranched alkanes of at least 4 members (excludes halogenated alkanes) is 2. The van der Waals surface area contributed by atoms with Crippen LogP contribution in [0.5, 0.6) is 0 Å². The molecule has 1 heterocycles. The average molecular weight is 308 g/mol. The number of carbonyl (C=O) groups is 2. The zero-order valence-corrected chi connectivity index (χ0v) is 13.0. The van der Waals surface area contributed by atoms with Gasteiger partial charge in [-0.2, -0.15) is 0 Å². The molecule has 1 aliphatic heterocycles. The minimum Gasteiger partial charge on any atom is -0.274 e. The van der Waals surface area contributed by atoms with E-state index in [1.165, 1.54) is 4.90 Å². The van der Waals surface area contributed by atoms with E-state index in [0.717, 1.165) is 19.3 Å². The van der Waals surface area contributed by atoms with Gasteiger partial charge in [-0.3, -0.25) is 14.5 Å². The van der Waals surface area contributed by atoms with E-state index in [-0.39, 0.29) is 11.8 Å². The number of hydrogen-bond acceptors (Lipinski definition) is 4. The Hall–Kier alpha value is -1.58. The fraction of sp³-hybridized carbons (Fsp3) is 0.467. The quantitative estimate of drug-likeness (QED) is 0.420. The highest BCUT2D eigenvalue weighted by Crippen LogP contribution is 2.25. The fourth-order valence-corrected chi connectivity index (χ4v) is 3.24. The number of fused-ring (bicyclic) bond motifs is 1. The lowest BCUT2D eigenvalue weighted by Crippen LogP contribution is -2.30. The van der Waals surface area contributed by atoms with Crippen molar-refractivity contribution in [3.8, 4) is 0 Å². The third-order valence-electron chi connectivity index (χ3n) is 3.37. The first-order valence-electron chi connectivity index (χ1n) is 7.18. The van der Waals surface area contributed by atoms with Gasteiger partial charge in [0.15, 0.2) is 6.16 Å².